The van der Waals surface area contributed by atoms with Crippen LogP contribution in [0.25, 0.3) is 10.9 Å². The quantitative estimate of drug-likeness (QED) is 0.390. The van der Waals surface area contributed by atoms with E-state index in [1.807, 2.05) is 49.4 Å². The van der Waals surface area contributed by atoms with Crippen molar-refractivity contribution in [3.05, 3.63) is 68.4 Å². The Bertz CT molecular complexity index is 1140. The number of nitrogens with one attached hydrogen (secondary N) is 1. The highest BCUT2D eigenvalue weighted by Gasteiger charge is 2.26. The lowest BCUT2D eigenvalue weighted by molar-refractivity contribution is -0.119. The van der Waals surface area contributed by atoms with E-state index in [-0.39, 0.29) is 12.5 Å². The minimum absolute atomic E-state index is 0.328. The van der Waals surface area contributed by atoms with Crippen molar-refractivity contribution in [2.24, 2.45) is 5.92 Å². The van der Waals surface area contributed by atoms with Gasteiger partial charge in [0.05, 0.1) is 11.1 Å². The van der Waals surface area contributed by atoms with Crippen LogP contribution in [0.3, 0.4) is 0 Å². The van der Waals surface area contributed by atoms with Gasteiger partial charge in [-0.3, -0.25) is 9.78 Å². The van der Waals surface area contributed by atoms with Gasteiger partial charge in [0.15, 0.2) is 6.61 Å². The molecular weight excluding hydrogens is 491 g/mol. The van der Waals surface area contributed by atoms with E-state index < -0.39 is 5.97 Å². The molecule has 30 heavy (non-hydrogen) atoms. The summed E-state index contributed by atoms with van der Waals surface area (Å²) in [5.74, 6) is -0.333. The lowest BCUT2D eigenvalue weighted by Crippen LogP contribution is -2.24. The first kappa shape index (κ1) is 20.8. The summed E-state index contributed by atoms with van der Waals surface area (Å²) < 4.78 is 6.55. The van der Waals surface area contributed by atoms with Crippen LogP contribution in [0.15, 0.2) is 42.5 Å². The maximum Gasteiger partial charge on any atom is 0.339 e. The number of hydrogen-bond donors (Lipinski definition) is 1. The second kappa shape index (κ2) is 8.71. The first-order chi connectivity index (χ1) is 14.4. The van der Waals surface area contributed by atoms with Crippen LogP contribution in [-0.2, 0) is 22.4 Å². The van der Waals surface area contributed by atoms with E-state index in [1.165, 1.54) is 0 Å². The van der Waals surface area contributed by atoms with Crippen LogP contribution in [-0.4, -0.2) is 23.5 Å². The lowest BCUT2D eigenvalue weighted by Gasteiger charge is -2.24. The Morgan fingerprint density at radius 3 is 2.83 bits per heavy atom. The van der Waals surface area contributed by atoms with E-state index in [0.717, 1.165) is 56.2 Å². The number of ether oxygens (including phenoxy) is 1. The van der Waals surface area contributed by atoms with Crippen LogP contribution in [0.1, 0.15) is 40.5 Å². The molecule has 6 heteroatoms. The molecule has 0 saturated carbocycles. The first-order valence-electron chi connectivity index (χ1n) is 10.1. The number of halogens is 1. The van der Waals surface area contributed by atoms with E-state index in [4.69, 9.17) is 9.72 Å². The number of fused-ring (bicyclic) bond motifs is 2. The molecule has 1 aliphatic carbocycles. The van der Waals surface area contributed by atoms with Crippen molar-refractivity contribution < 1.29 is 14.3 Å². The fourth-order valence-corrected chi connectivity index (χ4v) is 4.60. The topological polar surface area (TPSA) is 68.3 Å². The number of amides is 1. The number of rotatable bonds is 4. The largest absolute Gasteiger partial charge is 0.452 e. The fourth-order valence-electron chi connectivity index (χ4n) is 3.95. The Kier molecular flexibility index (Phi) is 6.04. The number of pyridine rings is 1. The molecule has 1 aromatic heterocycles. The number of esters is 1. The summed E-state index contributed by atoms with van der Waals surface area (Å²) in [6.07, 6.45) is 2.71. The summed E-state index contributed by atoms with van der Waals surface area (Å²) in [6, 6.07) is 13.4. The minimum Gasteiger partial charge on any atom is -0.452 e. The number of carbonyl (C=O) groups excluding carboxylic acids is 2. The lowest BCUT2D eigenvalue weighted by atomic mass is 9.84. The summed E-state index contributed by atoms with van der Waals surface area (Å²) in [4.78, 5) is 30.2. The molecule has 1 heterocycles. The Labute approximate surface area is 189 Å². The van der Waals surface area contributed by atoms with E-state index >= 15 is 0 Å². The Hall–Kier alpha value is -2.48. The van der Waals surface area contributed by atoms with Crippen molar-refractivity contribution in [3.63, 3.8) is 0 Å². The average Bonchev–Trinajstić information content (AvgIpc) is 2.72. The van der Waals surface area contributed by atoms with Gasteiger partial charge in [0.1, 0.15) is 0 Å². The number of carbonyl (C=O) groups is 2. The second-order valence-electron chi connectivity index (χ2n) is 7.86. The predicted molar refractivity (Wildman–Crippen MR) is 126 cm³/mol. The number of aromatic nitrogens is 1. The molecule has 0 saturated heterocycles. The van der Waals surface area contributed by atoms with Crippen molar-refractivity contribution in [2.45, 2.75) is 33.1 Å². The molecule has 154 valence electrons. The molecule has 4 rings (SSSR count). The number of anilines is 1. The molecule has 3 aromatic rings. The smallest absolute Gasteiger partial charge is 0.339 e. The van der Waals surface area contributed by atoms with Crippen molar-refractivity contribution in [1.29, 1.82) is 0 Å². The average molecular weight is 514 g/mol. The summed E-state index contributed by atoms with van der Waals surface area (Å²) in [7, 11) is 0. The van der Waals surface area contributed by atoms with Gasteiger partial charge in [-0.05, 0) is 90.1 Å². The molecule has 1 atom stereocenters. The molecule has 1 unspecified atom stereocenters. The van der Waals surface area contributed by atoms with Gasteiger partial charge in [-0.25, -0.2) is 4.79 Å². The van der Waals surface area contributed by atoms with Crippen molar-refractivity contribution in [2.75, 3.05) is 11.9 Å². The number of aryl methyl sites for hydroxylation is 2. The van der Waals surface area contributed by atoms with Gasteiger partial charge < -0.3 is 10.1 Å². The van der Waals surface area contributed by atoms with Crippen LogP contribution in [0.2, 0.25) is 0 Å². The molecule has 0 spiro atoms. The number of para-hydroxylation sites is 1. The van der Waals surface area contributed by atoms with E-state index in [9.17, 15) is 9.59 Å². The predicted octanol–water partition coefficient (Wildman–Crippen LogP) is 5.07. The van der Waals surface area contributed by atoms with Crippen molar-refractivity contribution in [3.8, 4) is 0 Å². The SMILES string of the molecule is Cc1cc(I)ccc1NC(=O)COC(=O)c1c2c(nc3ccccc13)CCC(C)C2. The van der Waals surface area contributed by atoms with Gasteiger partial charge >= 0.3 is 5.97 Å². The zero-order valence-electron chi connectivity index (χ0n) is 17.0. The van der Waals surface area contributed by atoms with E-state index in [2.05, 4.69) is 34.8 Å². The molecule has 0 radical (unpaired) electrons. The summed E-state index contributed by atoms with van der Waals surface area (Å²) in [5, 5.41) is 3.60. The van der Waals surface area contributed by atoms with Crippen molar-refractivity contribution >= 4 is 51.1 Å². The molecule has 0 fully saturated rings. The Morgan fingerprint density at radius 1 is 1.23 bits per heavy atom. The molecule has 2 aromatic carbocycles. The van der Waals surface area contributed by atoms with E-state index in [1.54, 1.807) is 0 Å². The second-order valence-corrected chi connectivity index (χ2v) is 9.11. The van der Waals surface area contributed by atoms with Gasteiger partial charge in [0.2, 0.25) is 0 Å². The zero-order chi connectivity index (χ0) is 21.3. The van der Waals surface area contributed by atoms with Gasteiger partial charge in [-0.1, -0.05) is 25.1 Å². The highest BCUT2D eigenvalue weighted by Crippen LogP contribution is 2.32. The Morgan fingerprint density at radius 2 is 2.03 bits per heavy atom. The maximum atomic E-state index is 13.1. The van der Waals surface area contributed by atoms with Gasteiger partial charge in [0.25, 0.3) is 5.91 Å². The van der Waals surface area contributed by atoms with Gasteiger partial charge in [0, 0.05) is 20.3 Å². The highest BCUT2D eigenvalue weighted by molar-refractivity contribution is 14.1. The van der Waals surface area contributed by atoms with E-state index in [0.29, 0.717) is 11.5 Å². The summed E-state index contributed by atoms with van der Waals surface area (Å²) >= 11 is 2.23. The van der Waals surface area contributed by atoms with Crippen LogP contribution >= 0.6 is 22.6 Å². The molecule has 0 bridgehead atoms. The number of nitrogens with zero attached hydrogens (tertiary/aromatic N) is 1. The van der Waals surface area contributed by atoms with Crippen LogP contribution in [0.5, 0.6) is 0 Å². The summed E-state index contributed by atoms with van der Waals surface area (Å²) in [5.41, 5.74) is 4.96. The fraction of sp³-hybridized carbons (Fsp3) is 0.292. The van der Waals surface area contributed by atoms with Gasteiger partial charge in [-0.2, -0.15) is 0 Å². The standard InChI is InChI=1S/C24H23IN2O3/c1-14-7-9-21-18(11-14)23(17-5-3-4-6-20(17)26-21)24(29)30-13-22(28)27-19-10-8-16(25)12-15(19)2/h3-6,8,10,12,14H,7,9,11,13H2,1-2H3,(H,27,28). The number of hydrogen-bond acceptors (Lipinski definition) is 4. The van der Waals surface area contributed by atoms with Gasteiger partial charge in [-0.15, -0.1) is 0 Å². The Balaban J connectivity index is 1.56. The maximum absolute atomic E-state index is 13.1. The van der Waals surface area contributed by atoms with Crippen LogP contribution in [0, 0.1) is 16.4 Å². The third-order valence-electron chi connectivity index (χ3n) is 5.51. The summed E-state index contributed by atoms with van der Waals surface area (Å²) in [6.45, 7) is 3.79. The molecule has 0 aliphatic heterocycles. The molecule has 1 N–H and O–H groups in total. The van der Waals surface area contributed by atoms with Crippen molar-refractivity contribution in [1.82, 2.24) is 4.98 Å². The molecule has 1 aliphatic rings. The van der Waals surface area contributed by atoms with Crippen LogP contribution in [0.4, 0.5) is 5.69 Å². The number of benzene rings is 2. The third-order valence-corrected chi connectivity index (χ3v) is 6.18. The minimum atomic E-state index is -0.464. The van der Waals surface area contributed by atoms with Crippen LogP contribution < -0.4 is 5.32 Å². The third kappa shape index (κ3) is 4.33. The first-order valence-corrected chi connectivity index (χ1v) is 11.1. The highest BCUT2D eigenvalue weighted by atomic mass is 127. The normalized spacial score (nSPS) is 15.5. The molecule has 1 amide bonds. The molecule has 5 nitrogen and oxygen atoms in total. The monoisotopic (exact) mass is 514 g/mol. The zero-order valence-corrected chi connectivity index (χ0v) is 19.2. The molecular formula is C24H23IN2O3.